The molecule has 0 amide bonds. The van der Waals surface area contributed by atoms with Crippen molar-refractivity contribution in [2.75, 3.05) is 25.7 Å². The van der Waals surface area contributed by atoms with E-state index < -0.39 is 17.2 Å². The van der Waals surface area contributed by atoms with Gasteiger partial charge in [0, 0.05) is 17.5 Å². The first kappa shape index (κ1) is 27.0. The number of rotatable bonds is 7. The number of nitrogens with two attached hydrogens (primary N) is 1. The third-order valence-corrected chi connectivity index (χ3v) is 6.38. The van der Waals surface area contributed by atoms with Crippen LogP contribution in [-0.2, 0) is 22.6 Å². The van der Waals surface area contributed by atoms with E-state index in [9.17, 15) is 9.59 Å². The molecule has 1 fully saturated rings. The quantitative estimate of drug-likeness (QED) is 0.453. The zero-order valence-corrected chi connectivity index (χ0v) is 22.3. The van der Waals surface area contributed by atoms with Gasteiger partial charge < -0.3 is 20.1 Å². The SMILES string of the molecule is CCOc1ccc(/N=c2\n(N)c(=O)n(CC3COC(C)(C)OC3)c(=O)n2Cc2ccc(Cl)cc2)cc1Cl. The number of nitrogen functional groups attached to an aromatic ring is 1. The lowest BCUT2D eigenvalue weighted by molar-refractivity contribution is -0.263. The second kappa shape index (κ2) is 11.1. The van der Waals surface area contributed by atoms with Crippen LogP contribution in [0.2, 0.25) is 10.0 Å². The molecule has 0 aliphatic carbocycles. The maximum atomic E-state index is 13.7. The third kappa shape index (κ3) is 6.27. The Labute approximate surface area is 223 Å². The van der Waals surface area contributed by atoms with E-state index in [2.05, 4.69) is 4.99 Å². The monoisotopic (exact) mass is 549 g/mol. The van der Waals surface area contributed by atoms with Crippen LogP contribution in [0.25, 0.3) is 0 Å². The summed E-state index contributed by atoms with van der Waals surface area (Å²) >= 11 is 12.4. The number of aromatic nitrogens is 3. The van der Waals surface area contributed by atoms with Crippen LogP contribution in [0, 0.1) is 5.92 Å². The van der Waals surface area contributed by atoms with Gasteiger partial charge in [0.25, 0.3) is 0 Å². The average Bonchev–Trinajstić information content (AvgIpc) is 2.86. The minimum atomic E-state index is -0.717. The predicted molar refractivity (Wildman–Crippen MR) is 141 cm³/mol. The first-order chi connectivity index (χ1) is 17.6. The fourth-order valence-electron chi connectivity index (χ4n) is 3.88. The number of halogens is 2. The summed E-state index contributed by atoms with van der Waals surface area (Å²) in [5, 5.41) is 0.899. The van der Waals surface area contributed by atoms with E-state index in [4.69, 9.17) is 43.3 Å². The van der Waals surface area contributed by atoms with Gasteiger partial charge in [0.05, 0.1) is 37.1 Å². The number of nitrogens with zero attached hydrogens (tertiary/aromatic N) is 4. The van der Waals surface area contributed by atoms with Crippen molar-refractivity contribution in [3.8, 4) is 5.75 Å². The van der Waals surface area contributed by atoms with Crippen LogP contribution in [0.4, 0.5) is 5.69 Å². The molecule has 3 aromatic rings. The zero-order valence-electron chi connectivity index (χ0n) is 20.8. The van der Waals surface area contributed by atoms with Gasteiger partial charge in [-0.25, -0.2) is 19.1 Å². The molecule has 37 heavy (non-hydrogen) atoms. The first-order valence-electron chi connectivity index (χ1n) is 11.8. The molecule has 0 spiro atoms. The highest BCUT2D eigenvalue weighted by atomic mass is 35.5. The van der Waals surface area contributed by atoms with E-state index in [1.807, 2.05) is 20.8 Å². The van der Waals surface area contributed by atoms with E-state index >= 15 is 0 Å². The van der Waals surface area contributed by atoms with Crippen LogP contribution < -0.4 is 27.6 Å². The minimum Gasteiger partial charge on any atom is -0.492 e. The summed E-state index contributed by atoms with van der Waals surface area (Å²) in [6.07, 6.45) is 0. The van der Waals surface area contributed by atoms with Crippen LogP contribution in [-0.4, -0.2) is 39.4 Å². The van der Waals surface area contributed by atoms with Crippen LogP contribution in [0.1, 0.15) is 26.3 Å². The molecule has 198 valence electrons. The van der Waals surface area contributed by atoms with Crippen molar-refractivity contribution in [1.29, 1.82) is 0 Å². The van der Waals surface area contributed by atoms with Crippen LogP contribution in [0.3, 0.4) is 0 Å². The molecular formula is C25H29Cl2N5O5. The van der Waals surface area contributed by atoms with Crippen molar-refractivity contribution in [3.63, 3.8) is 0 Å². The summed E-state index contributed by atoms with van der Waals surface area (Å²) in [6, 6.07) is 11.9. The van der Waals surface area contributed by atoms with E-state index in [1.165, 1.54) is 4.57 Å². The highest BCUT2D eigenvalue weighted by Crippen LogP contribution is 2.28. The molecule has 0 atom stereocenters. The Morgan fingerprint density at radius 1 is 1.05 bits per heavy atom. The Hall–Kier alpha value is -3.05. The van der Waals surface area contributed by atoms with Gasteiger partial charge in [0.2, 0.25) is 5.62 Å². The molecule has 1 saturated heterocycles. The van der Waals surface area contributed by atoms with Crippen molar-refractivity contribution in [2.45, 2.75) is 39.6 Å². The van der Waals surface area contributed by atoms with Gasteiger partial charge in [0.1, 0.15) is 5.75 Å². The summed E-state index contributed by atoms with van der Waals surface area (Å²) in [4.78, 5) is 31.4. The highest BCUT2D eigenvalue weighted by Gasteiger charge is 2.29. The van der Waals surface area contributed by atoms with E-state index in [0.717, 1.165) is 14.8 Å². The normalized spacial score (nSPS) is 16.2. The standard InChI is InChI=1S/C25H29Cl2N5O5/c1-4-35-21-10-9-19(11-20(21)27)29-22-30(12-16-5-7-18(26)8-6-16)23(33)31(24(34)32(22)28)13-17-14-36-25(2,3)37-15-17/h5-11,17H,4,12-15,28H2,1-3H3/b29-22-. The lowest BCUT2D eigenvalue weighted by atomic mass is 10.1. The van der Waals surface area contributed by atoms with Crippen molar-refractivity contribution in [1.82, 2.24) is 13.8 Å². The molecule has 2 aromatic carbocycles. The van der Waals surface area contributed by atoms with Gasteiger partial charge in [-0.1, -0.05) is 35.3 Å². The molecular weight excluding hydrogens is 521 g/mol. The Morgan fingerprint density at radius 3 is 2.35 bits per heavy atom. The maximum absolute atomic E-state index is 13.7. The smallest absolute Gasteiger partial charge is 0.353 e. The number of hydrogen-bond donors (Lipinski definition) is 1. The maximum Gasteiger partial charge on any atom is 0.353 e. The summed E-state index contributed by atoms with van der Waals surface area (Å²) < 4.78 is 20.1. The summed E-state index contributed by atoms with van der Waals surface area (Å²) in [6.45, 7) is 6.75. The Kier molecular flexibility index (Phi) is 8.13. The molecule has 10 nitrogen and oxygen atoms in total. The largest absolute Gasteiger partial charge is 0.492 e. The molecule has 0 saturated carbocycles. The number of benzene rings is 2. The molecule has 1 aliphatic heterocycles. The zero-order chi connectivity index (χ0) is 26.7. The highest BCUT2D eigenvalue weighted by molar-refractivity contribution is 6.32. The molecule has 1 aliphatic rings. The first-order valence-corrected chi connectivity index (χ1v) is 12.5. The fraction of sp³-hybridized carbons (Fsp3) is 0.400. The second-order valence-electron chi connectivity index (χ2n) is 9.11. The molecule has 0 bridgehead atoms. The Balaban J connectivity index is 1.82. The average molecular weight is 550 g/mol. The van der Waals surface area contributed by atoms with Gasteiger partial charge in [-0.15, -0.1) is 0 Å². The van der Waals surface area contributed by atoms with Gasteiger partial charge in [-0.3, -0.25) is 4.57 Å². The topological polar surface area (TPSA) is 115 Å². The fourth-order valence-corrected chi connectivity index (χ4v) is 4.23. The van der Waals surface area contributed by atoms with Crippen LogP contribution in [0.5, 0.6) is 5.75 Å². The number of hydrogen-bond acceptors (Lipinski definition) is 7. The third-order valence-electron chi connectivity index (χ3n) is 5.83. The van der Waals surface area contributed by atoms with Crippen molar-refractivity contribution < 1.29 is 14.2 Å². The van der Waals surface area contributed by atoms with E-state index in [1.54, 1.807) is 42.5 Å². The molecule has 1 aromatic heterocycles. The lowest BCUT2D eigenvalue weighted by Crippen LogP contribution is -2.58. The molecule has 0 unspecified atom stereocenters. The summed E-state index contributed by atoms with van der Waals surface area (Å²) in [7, 11) is 0. The van der Waals surface area contributed by atoms with Gasteiger partial charge in [0.15, 0.2) is 5.79 Å². The summed E-state index contributed by atoms with van der Waals surface area (Å²) in [5.41, 5.74) is -0.159. The van der Waals surface area contributed by atoms with Gasteiger partial charge in [-0.2, -0.15) is 4.68 Å². The minimum absolute atomic E-state index is 0.0429. The Bertz CT molecular complexity index is 1450. The van der Waals surface area contributed by atoms with E-state index in [-0.39, 0.29) is 24.6 Å². The van der Waals surface area contributed by atoms with Gasteiger partial charge >= 0.3 is 11.4 Å². The number of ether oxygens (including phenoxy) is 3. The lowest BCUT2D eigenvalue weighted by Gasteiger charge is -2.35. The molecule has 12 heteroatoms. The summed E-state index contributed by atoms with van der Waals surface area (Å²) in [5.74, 6) is 5.80. The molecule has 2 heterocycles. The van der Waals surface area contributed by atoms with Crippen LogP contribution >= 0.6 is 23.2 Å². The Morgan fingerprint density at radius 2 is 1.73 bits per heavy atom. The molecule has 0 radical (unpaired) electrons. The van der Waals surface area contributed by atoms with Gasteiger partial charge in [-0.05, 0) is 56.7 Å². The van der Waals surface area contributed by atoms with E-state index in [0.29, 0.717) is 41.3 Å². The molecule has 4 rings (SSSR count). The second-order valence-corrected chi connectivity index (χ2v) is 9.95. The predicted octanol–water partition coefficient (Wildman–Crippen LogP) is 2.91. The van der Waals surface area contributed by atoms with Crippen LogP contribution in [0.15, 0.2) is 57.0 Å². The van der Waals surface area contributed by atoms with Crippen molar-refractivity contribution in [2.24, 2.45) is 10.9 Å². The van der Waals surface area contributed by atoms with Crippen molar-refractivity contribution in [3.05, 3.63) is 84.7 Å². The van der Waals surface area contributed by atoms with Crippen molar-refractivity contribution >= 4 is 28.9 Å². The molecule has 2 N–H and O–H groups in total.